The van der Waals surface area contributed by atoms with E-state index < -0.39 is 0 Å². The molecule has 0 aromatic carbocycles. The van der Waals surface area contributed by atoms with Gasteiger partial charge in [-0.05, 0) is 0 Å². The SMILES string of the molecule is CN(C)C(=NCc1noc(C(C)(C)C)n1)N(C)C. The first kappa shape index (κ1) is 14.5. The van der Waals surface area contributed by atoms with Crippen molar-refractivity contribution in [3.63, 3.8) is 0 Å². The highest BCUT2D eigenvalue weighted by Gasteiger charge is 2.21. The summed E-state index contributed by atoms with van der Waals surface area (Å²) in [6.45, 7) is 6.54. The second-order valence-corrected chi connectivity index (χ2v) is 5.67. The fourth-order valence-corrected chi connectivity index (χ4v) is 1.45. The van der Waals surface area contributed by atoms with E-state index in [1.54, 1.807) is 0 Å². The van der Waals surface area contributed by atoms with Gasteiger partial charge in [0.1, 0.15) is 6.54 Å². The Morgan fingerprint density at radius 2 is 1.72 bits per heavy atom. The molecule has 1 aromatic heterocycles. The Balaban J connectivity index is 2.80. The summed E-state index contributed by atoms with van der Waals surface area (Å²) in [6, 6.07) is 0. The molecule has 0 amide bonds. The largest absolute Gasteiger partial charge is 0.349 e. The number of hydrogen-bond acceptors (Lipinski definition) is 4. The molecular formula is C12H23N5O. The van der Waals surface area contributed by atoms with Crippen molar-refractivity contribution in [2.24, 2.45) is 4.99 Å². The van der Waals surface area contributed by atoms with Crippen LogP contribution in [0, 0.1) is 0 Å². The fraction of sp³-hybridized carbons (Fsp3) is 0.750. The van der Waals surface area contributed by atoms with Crippen molar-refractivity contribution in [3.8, 4) is 0 Å². The van der Waals surface area contributed by atoms with Gasteiger partial charge in [0.05, 0.1) is 0 Å². The summed E-state index contributed by atoms with van der Waals surface area (Å²) in [5, 5.41) is 3.94. The van der Waals surface area contributed by atoms with Crippen LogP contribution in [0.15, 0.2) is 9.52 Å². The third-order valence-electron chi connectivity index (χ3n) is 2.27. The summed E-state index contributed by atoms with van der Waals surface area (Å²) in [6.07, 6.45) is 0. The van der Waals surface area contributed by atoms with Crippen LogP contribution in [0.4, 0.5) is 0 Å². The molecule has 1 rings (SSSR count). The highest BCUT2D eigenvalue weighted by atomic mass is 16.5. The van der Waals surface area contributed by atoms with Gasteiger partial charge in [-0.25, -0.2) is 4.99 Å². The highest BCUT2D eigenvalue weighted by Crippen LogP contribution is 2.19. The monoisotopic (exact) mass is 253 g/mol. The zero-order valence-electron chi connectivity index (χ0n) is 12.4. The number of aromatic nitrogens is 2. The standard InChI is InChI=1S/C12H23N5O/c1-12(2,3)10-14-9(15-18-10)8-13-11(16(4)5)17(6)7/h8H2,1-7H3. The Bertz CT molecular complexity index is 404. The summed E-state index contributed by atoms with van der Waals surface area (Å²) in [4.78, 5) is 12.7. The first-order valence-electron chi connectivity index (χ1n) is 5.94. The molecule has 0 fully saturated rings. The average Bonchev–Trinajstić information content (AvgIpc) is 2.64. The van der Waals surface area contributed by atoms with Gasteiger partial charge in [-0.2, -0.15) is 4.98 Å². The van der Waals surface area contributed by atoms with Crippen molar-refractivity contribution >= 4 is 5.96 Å². The average molecular weight is 253 g/mol. The summed E-state index contributed by atoms with van der Waals surface area (Å²) < 4.78 is 5.22. The van der Waals surface area contributed by atoms with Gasteiger partial charge in [0, 0.05) is 33.6 Å². The molecule has 0 aliphatic rings. The number of aliphatic imine (C=N–C) groups is 1. The minimum atomic E-state index is -0.124. The molecule has 0 aliphatic carbocycles. The summed E-state index contributed by atoms with van der Waals surface area (Å²) in [7, 11) is 7.82. The van der Waals surface area contributed by atoms with Crippen LogP contribution in [0.3, 0.4) is 0 Å². The van der Waals surface area contributed by atoms with E-state index in [4.69, 9.17) is 4.52 Å². The van der Waals surface area contributed by atoms with Gasteiger partial charge in [0.15, 0.2) is 11.8 Å². The molecule has 6 nitrogen and oxygen atoms in total. The Morgan fingerprint density at radius 1 is 1.17 bits per heavy atom. The van der Waals surface area contributed by atoms with Crippen LogP contribution < -0.4 is 0 Å². The summed E-state index contributed by atoms with van der Waals surface area (Å²) in [5.74, 6) is 2.13. The van der Waals surface area contributed by atoms with Gasteiger partial charge in [0.25, 0.3) is 0 Å². The number of nitrogens with zero attached hydrogens (tertiary/aromatic N) is 5. The van der Waals surface area contributed by atoms with Crippen LogP contribution in [-0.2, 0) is 12.0 Å². The lowest BCUT2D eigenvalue weighted by atomic mass is 9.97. The van der Waals surface area contributed by atoms with E-state index in [1.807, 2.05) is 58.8 Å². The molecule has 0 bridgehead atoms. The van der Waals surface area contributed by atoms with E-state index in [0.717, 1.165) is 5.96 Å². The Labute approximate surface area is 109 Å². The van der Waals surface area contributed by atoms with Crippen LogP contribution in [0.25, 0.3) is 0 Å². The van der Waals surface area contributed by atoms with E-state index in [2.05, 4.69) is 15.1 Å². The molecule has 6 heteroatoms. The maximum atomic E-state index is 5.22. The van der Waals surface area contributed by atoms with Gasteiger partial charge in [-0.15, -0.1) is 0 Å². The smallest absolute Gasteiger partial charge is 0.232 e. The van der Waals surface area contributed by atoms with Crippen LogP contribution >= 0.6 is 0 Å². The van der Waals surface area contributed by atoms with Gasteiger partial charge in [-0.1, -0.05) is 25.9 Å². The first-order chi connectivity index (χ1) is 8.21. The summed E-state index contributed by atoms with van der Waals surface area (Å²) >= 11 is 0. The third kappa shape index (κ3) is 3.72. The molecule has 1 heterocycles. The van der Waals surface area contributed by atoms with E-state index in [-0.39, 0.29) is 5.41 Å². The van der Waals surface area contributed by atoms with Crippen molar-refractivity contribution in [3.05, 3.63) is 11.7 Å². The van der Waals surface area contributed by atoms with Gasteiger partial charge < -0.3 is 14.3 Å². The lowest BCUT2D eigenvalue weighted by Gasteiger charge is -2.22. The molecule has 0 N–H and O–H groups in total. The molecular weight excluding hydrogens is 230 g/mol. The Morgan fingerprint density at radius 3 is 2.11 bits per heavy atom. The van der Waals surface area contributed by atoms with E-state index in [1.165, 1.54) is 0 Å². The third-order valence-corrected chi connectivity index (χ3v) is 2.27. The number of guanidine groups is 1. The lowest BCUT2D eigenvalue weighted by Crippen LogP contribution is -2.35. The van der Waals surface area contributed by atoms with Crippen molar-refractivity contribution in [2.75, 3.05) is 28.2 Å². The van der Waals surface area contributed by atoms with Gasteiger partial charge in [-0.3, -0.25) is 0 Å². The van der Waals surface area contributed by atoms with Crippen LogP contribution in [0.5, 0.6) is 0 Å². The molecule has 1 aromatic rings. The minimum Gasteiger partial charge on any atom is -0.349 e. The highest BCUT2D eigenvalue weighted by molar-refractivity contribution is 5.79. The molecule has 0 atom stereocenters. The van der Waals surface area contributed by atoms with Gasteiger partial charge in [0.2, 0.25) is 5.89 Å². The van der Waals surface area contributed by atoms with Crippen LogP contribution in [0.1, 0.15) is 32.5 Å². The van der Waals surface area contributed by atoms with Crippen molar-refractivity contribution < 1.29 is 4.52 Å². The molecule has 0 radical (unpaired) electrons. The maximum Gasteiger partial charge on any atom is 0.232 e. The molecule has 0 aliphatic heterocycles. The van der Waals surface area contributed by atoms with E-state index in [0.29, 0.717) is 18.3 Å². The maximum absolute atomic E-state index is 5.22. The Kier molecular flexibility index (Phi) is 4.32. The van der Waals surface area contributed by atoms with Gasteiger partial charge >= 0.3 is 0 Å². The fourth-order valence-electron chi connectivity index (χ4n) is 1.45. The summed E-state index contributed by atoms with van der Waals surface area (Å²) in [5.41, 5.74) is -0.124. The number of rotatable bonds is 2. The zero-order chi connectivity index (χ0) is 13.9. The van der Waals surface area contributed by atoms with E-state index in [9.17, 15) is 0 Å². The van der Waals surface area contributed by atoms with E-state index >= 15 is 0 Å². The second-order valence-electron chi connectivity index (χ2n) is 5.67. The molecule has 0 unspecified atom stereocenters. The van der Waals surface area contributed by atoms with Crippen molar-refractivity contribution in [1.29, 1.82) is 0 Å². The Hall–Kier alpha value is -1.59. The first-order valence-corrected chi connectivity index (χ1v) is 5.94. The molecule has 0 saturated carbocycles. The molecule has 102 valence electrons. The normalized spacial score (nSPS) is 11.3. The second kappa shape index (κ2) is 5.37. The molecule has 0 spiro atoms. The van der Waals surface area contributed by atoms with Crippen LogP contribution in [0.2, 0.25) is 0 Å². The zero-order valence-corrected chi connectivity index (χ0v) is 12.4. The lowest BCUT2D eigenvalue weighted by molar-refractivity contribution is 0.318. The van der Waals surface area contributed by atoms with Crippen molar-refractivity contribution in [1.82, 2.24) is 19.9 Å². The predicted molar refractivity (Wildman–Crippen MR) is 71.5 cm³/mol. The molecule has 0 saturated heterocycles. The molecule has 18 heavy (non-hydrogen) atoms. The topological polar surface area (TPSA) is 57.8 Å². The minimum absolute atomic E-state index is 0.124. The number of hydrogen-bond donors (Lipinski definition) is 0. The van der Waals surface area contributed by atoms with Crippen LogP contribution in [-0.4, -0.2) is 54.1 Å². The quantitative estimate of drug-likeness (QED) is 0.588. The van der Waals surface area contributed by atoms with Crippen molar-refractivity contribution in [2.45, 2.75) is 32.7 Å². The predicted octanol–water partition coefficient (Wildman–Crippen LogP) is 1.35.